The molecule has 1 aromatic rings. The van der Waals surface area contributed by atoms with Gasteiger partial charge in [0.25, 0.3) is 5.91 Å². The molecule has 0 saturated heterocycles. The van der Waals surface area contributed by atoms with E-state index in [1.54, 1.807) is 6.92 Å². The molecule has 0 radical (unpaired) electrons. The molecule has 0 fully saturated rings. The highest BCUT2D eigenvalue weighted by molar-refractivity contribution is 9.10. The molecule has 92 valence electrons. The average Bonchev–Trinajstić information content (AvgIpc) is 2.25. The van der Waals surface area contributed by atoms with Crippen LogP contribution >= 0.6 is 15.9 Å². The lowest BCUT2D eigenvalue weighted by Gasteiger charge is -2.05. The van der Waals surface area contributed by atoms with Crippen LogP contribution in [0.5, 0.6) is 0 Å². The lowest BCUT2D eigenvalue weighted by molar-refractivity contribution is -0.112. The van der Waals surface area contributed by atoms with E-state index in [0.717, 1.165) is 18.2 Å². The SMILES string of the molecule is CCO/C=C/C(=O)Nc1cc(F)cc(Br)c1F. The van der Waals surface area contributed by atoms with Gasteiger partial charge in [-0.3, -0.25) is 4.79 Å². The van der Waals surface area contributed by atoms with Gasteiger partial charge in [0.1, 0.15) is 5.82 Å². The fourth-order valence-corrected chi connectivity index (χ4v) is 1.46. The second-order valence-corrected chi connectivity index (χ2v) is 3.85. The molecule has 6 heteroatoms. The molecule has 0 aliphatic rings. The van der Waals surface area contributed by atoms with E-state index in [-0.39, 0.29) is 10.2 Å². The fourth-order valence-electron chi connectivity index (χ4n) is 1.03. The lowest BCUT2D eigenvalue weighted by Crippen LogP contribution is -2.10. The van der Waals surface area contributed by atoms with Gasteiger partial charge in [-0.25, -0.2) is 8.78 Å². The van der Waals surface area contributed by atoms with Crippen LogP contribution in [0.15, 0.2) is 28.9 Å². The fraction of sp³-hybridized carbons (Fsp3) is 0.182. The number of rotatable bonds is 4. The van der Waals surface area contributed by atoms with Crippen molar-refractivity contribution in [3.63, 3.8) is 0 Å². The van der Waals surface area contributed by atoms with Gasteiger partial charge in [-0.05, 0) is 28.9 Å². The third-order valence-electron chi connectivity index (χ3n) is 1.73. The lowest BCUT2D eigenvalue weighted by atomic mass is 10.3. The summed E-state index contributed by atoms with van der Waals surface area (Å²) in [7, 11) is 0. The Morgan fingerprint density at radius 3 is 2.88 bits per heavy atom. The second-order valence-electron chi connectivity index (χ2n) is 3.00. The van der Waals surface area contributed by atoms with Gasteiger partial charge in [0, 0.05) is 12.1 Å². The second kappa shape index (κ2) is 6.34. The van der Waals surface area contributed by atoms with Crippen LogP contribution in [0.4, 0.5) is 14.5 Å². The zero-order valence-electron chi connectivity index (χ0n) is 8.97. The van der Waals surface area contributed by atoms with Crippen LogP contribution in [0.3, 0.4) is 0 Å². The summed E-state index contributed by atoms with van der Waals surface area (Å²) in [5.41, 5.74) is -0.233. The van der Waals surface area contributed by atoms with Crippen LogP contribution in [0.1, 0.15) is 6.92 Å². The smallest absolute Gasteiger partial charge is 0.251 e. The standard InChI is InChI=1S/C11H10BrF2NO2/c1-2-17-4-3-10(16)15-9-6-7(13)5-8(12)11(9)14/h3-6H,2H2,1H3,(H,15,16)/b4-3+. The maximum Gasteiger partial charge on any atom is 0.251 e. The predicted octanol–water partition coefficient (Wildman–Crippen LogP) is 3.22. The van der Waals surface area contributed by atoms with Crippen LogP contribution < -0.4 is 5.32 Å². The van der Waals surface area contributed by atoms with Crippen molar-refractivity contribution in [3.8, 4) is 0 Å². The summed E-state index contributed by atoms with van der Waals surface area (Å²) < 4.78 is 31.2. The topological polar surface area (TPSA) is 38.3 Å². The number of amides is 1. The number of ether oxygens (including phenoxy) is 1. The zero-order valence-corrected chi connectivity index (χ0v) is 10.6. The van der Waals surface area contributed by atoms with Crippen molar-refractivity contribution in [1.82, 2.24) is 0 Å². The van der Waals surface area contributed by atoms with E-state index in [4.69, 9.17) is 4.74 Å². The first-order valence-electron chi connectivity index (χ1n) is 4.78. The molecular weight excluding hydrogens is 296 g/mol. The Labute approximate surface area is 106 Å². The van der Waals surface area contributed by atoms with Crippen molar-refractivity contribution in [2.45, 2.75) is 6.92 Å². The first-order valence-corrected chi connectivity index (χ1v) is 5.57. The van der Waals surface area contributed by atoms with Gasteiger partial charge in [-0.15, -0.1) is 0 Å². The van der Waals surface area contributed by atoms with Crippen LogP contribution in [0, 0.1) is 11.6 Å². The molecule has 0 heterocycles. The molecule has 0 spiro atoms. The van der Waals surface area contributed by atoms with Crippen molar-refractivity contribution in [1.29, 1.82) is 0 Å². The predicted molar refractivity (Wildman–Crippen MR) is 63.5 cm³/mol. The Balaban J connectivity index is 2.78. The highest BCUT2D eigenvalue weighted by Gasteiger charge is 2.10. The van der Waals surface area contributed by atoms with Gasteiger partial charge in [0.05, 0.1) is 23.0 Å². The van der Waals surface area contributed by atoms with Crippen LogP contribution in [0.25, 0.3) is 0 Å². The maximum absolute atomic E-state index is 13.4. The summed E-state index contributed by atoms with van der Waals surface area (Å²) in [5.74, 6) is -1.98. The van der Waals surface area contributed by atoms with E-state index in [9.17, 15) is 13.6 Å². The Bertz CT molecular complexity index is 449. The van der Waals surface area contributed by atoms with Gasteiger partial charge in [0.15, 0.2) is 5.82 Å². The number of halogens is 3. The molecule has 1 N–H and O–H groups in total. The van der Waals surface area contributed by atoms with Crippen molar-refractivity contribution in [3.05, 3.63) is 40.6 Å². The number of carbonyl (C=O) groups excluding carboxylic acids is 1. The highest BCUT2D eigenvalue weighted by atomic mass is 79.9. The number of hydrogen-bond donors (Lipinski definition) is 1. The summed E-state index contributed by atoms with van der Waals surface area (Å²) in [5, 5.41) is 2.20. The van der Waals surface area contributed by atoms with Gasteiger partial charge in [0.2, 0.25) is 0 Å². The monoisotopic (exact) mass is 305 g/mol. The minimum absolute atomic E-state index is 0.0541. The summed E-state index contributed by atoms with van der Waals surface area (Å²) in [6.07, 6.45) is 2.27. The van der Waals surface area contributed by atoms with Gasteiger partial charge in [-0.2, -0.15) is 0 Å². The quantitative estimate of drug-likeness (QED) is 0.527. The van der Waals surface area contributed by atoms with E-state index in [2.05, 4.69) is 21.2 Å². The maximum atomic E-state index is 13.4. The van der Waals surface area contributed by atoms with E-state index >= 15 is 0 Å². The molecule has 1 rings (SSSR count). The van der Waals surface area contributed by atoms with Gasteiger partial charge < -0.3 is 10.1 Å². The van der Waals surface area contributed by atoms with Gasteiger partial charge >= 0.3 is 0 Å². The minimum atomic E-state index is -0.732. The number of anilines is 1. The van der Waals surface area contributed by atoms with E-state index in [0.29, 0.717) is 6.61 Å². The Morgan fingerprint density at radius 2 is 2.24 bits per heavy atom. The van der Waals surface area contributed by atoms with Crippen molar-refractivity contribution < 1.29 is 18.3 Å². The molecule has 17 heavy (non-hydrogen) atoms. The molecule has 1 aromatic carbocycles. The van der Waals surface area contributed by atoms with Crippen LogP contribution in [-0.2, 0) is 9.53 Å². The number of hydrogen-bond acceptors (Lipinski definition) is 2. The van der Waals surface area contributed by atoms with Crippen LogP contribution in [-0.4, -0.2) is 12.5 Å². The molecule has 3 nitrogen and oxygen atoms in total. The molecular formula is C11H10BrF2NO2. The molecule has 0 unspecified atom stereocenters. The molecule has 0 atom stereocenters. The molecule has 0 aliphatic heterocycles. The molecule has 0 aromatic heterocycles. The van der Waals surface area contributed by atoms with Crippen molar-refractivity contribution >= 4 is 27.5 Å². The number of carbonyl (C=O) groups is 1. The minimum Gasteiger partial charge on any atom is -0.501 e. The Morgan fingerprint density at radius 1 is 1.53 bits per heavy atom. The summed E-state index contributed by atoms with van der Waals surface area (Å²) in [6.45, 7) is 2.18. The third-order valence-corrected chi connectivity index (χ3v) is 2.31. The molecule has 0 aliphatic carbocycles. The largest absolute Gasteiger partial charge is 0.501 e. The van der Waals surface area contributed by atoms with Crippen LogP contribution in [0.2, 0.25) is 0 Å². The Hall–Kier alpha value is -1.43. The average molecular weight is 306 g/mol. The summed E-state index contributed by atoms with van der Waals surface area (Å²) in [6, 6.07) is 1.87. The first kappa shape index (κ1) is 13.6. The normalized spacial score (nSPS) is 10.6. The molecule has 0 bridgehead atoms. The summed E-state index contributed by atoms with van der Waals surface area (Å²) in [4.78, 5) is 11.3. The first-order chi connectivity index (χ1) is 8.04. The third kappa shape index (κ3) is 4.14. The molecule has 1 amide bonds. The van der Waals surface area contributed by atoms with Gasteiger partial charge in [-0.1, -0.05) is 0 Å². The van der Waals surface area contributed by atoms with Crippen molar-refractivity contribution in [2.75, 3.05) is 11.9 Å². The molecule has 0 saturated carbocycles. The highest BCUT2D eigenvalue weighted by Crippen LogP contribution is 2.24. The number of nitrogens with one attached hydrogen (secondary N) is 1. The van der Waals surface area contributed by atoms with E-state index < -0.39 is 17.5 Å². The number of benzene rings is 1. The van der Waals surface area contributed by atoms with E-state index in [1.165, 1.54) is 6.26 Å². The van der Waals surface area contributed by atoms with Crippen molar-refractivity contribution in [2.24, 2.45) is 0 Å². The zero-order chi connectivity index (χ0) is 12.8. The summed E-state index contributed by atoms with van der Waals surface area (Å²) >= 11 is 2.84. The Kier molecular flexibility index (Phi) is 5.09. The van der Waals surface area contributed by atoms with E-state index in [1.807, 2.05) is 0 Å².